The van der Waals surface area contributed by atoms with Gasteiger partial charge in [0.2, 0.25) is 0 Å². The van der Waals surface area contributed by atoms with Crippen molar-refractivity contribution in [3.63, 3.8) is 0 Å². The Bertz CT molecular complexity index is 187. The van der Waals surface area contributed by atoms with Crippen molar-refractivity contribution in [2.75, 3.05) is 13.2 Å². The molecule has 1 heterocycles. The fraction of sp³-hybridized carbons (Fsp3) is 0.400. The summed E-state index contributed by atoms with van der Waals surface area (Å²) in [6.07, 6.45) is 2.56. The minimum absolute atomic E-state index is 1.00. The van der Waals surface area contributed by atoms with Gasteiger partial charge in [-0.1, -0.05) is 18.2 Å². The van der Waals surface area contributed by atoms with Crippen molar-refractivity contribution in [3.8, 4) is 0 Å². The molecule has 0 aromatic heterocycles. The highest BCUT2D eigenvalue weighted by molar-refractivity contribution is 14.1. The fourth-order valence-corrected chi connectivity index (χ4v) is 1.34. The number of hydrogen-bond acceptors (Lipinski definition) is 1. The van der Waals surface area contributed by atoms with E-state index in [4.69, 9.17) is 4.74 Å². The summed E-state index contributed by atoms with van der Waals surface area (Å²) in [5.41, 5.74) is 0. The maximum atomic E-state index is 4.94. The highest BCUT2D eigenvalue weighted by Gasteiger charge is 1.94. The van der Waals surface area contributed by atoms with Gasteiger partial charge in [0.1, 0.15) is 0 Å². The first-order chi connectivity index (χ1) is 5.89. The van der Waals surface area contributed by atoms with Gasteiger partial charge in [0.25, 0.3) is 0 Å². The lowest BCUT2D eigenvalue weighted by molar-refractivity contribution is 0.198. The van der Waals surface area contributed by atoms with Crippen LogP contribution < -0.4 is 0 Å². The molecule has 0 spiro atoms. The van der Waals surface area contributed by atoms with Crippen LogP contribution in [0.5, 0.6) is 0 Å². The lowest BCUT2D eigenvalue weighted by Gasteiger charge is -1.80. The van der Waals surface area contributed by atoms with Gasteiger partial charge in [0.15, 0.2) is 0 Å². The maximum Gasteiger partial charge on any atom is 0.0466 e. The van der Waals surface area contributed by atoms with Gasteiger partial charge in [-0.2, -0.15) is 0 Å². The lowest BCUT2D eigenvalue weighted by Crippen LogP contribution is -1.74. The minimum atomic E-state index is 1.00. The van der Waals surface area contributed by atoms with E-state index in [0.717, 1.165) is 13.2 Å². The Morgan fingerprint density at radius 2 is 1.58 bits per heavy atom. The van der Waals surface area contributed by atoms with Crippen molar-refractivity contribution in [2.24, 2.45) is 0 Å². The quantitative estimate of drug-likeness (QED) is 0.662. The highest BCUT2D eigenvalue weighted by atomic mass is 127. The van der Waals surface area contributed by atoms with Crippen molar-refractivity contribution in [1.29, 1.82) is 0 Å². The largest absolute Gasteiger partial charge is 0.381 e. The van der Waals surface area contributed by atoms with Crippen molar-refractivity contribution in [2.45, 2.75) is 12.8 Å². The third-order valence-electron chi connectivity index (χ3n) is 1.56. The molecule has 0 bridgehead atoms. The standard InChI is InChI=1S/C6H5I.C4H8O/c7-6-4-2-1-3-5-6;1-2-4-5-3-1/h1-5H;1-4H2. The van der Waals surface area contributed by atoms with E-state index < -0.39 is 0 Å². The number of ether oxygens (including phenoxy) is 1. The molecule has 1 aliphatic rings. The summed E-state index contributed by atoms with van der Waals surface area (Å²) >= 11 is 2.28. The summed E-state index contributed by atoms with van der Waals surface area (Å²) in [5, 5.41) is 0. The van der Waals surface area contributed by atoms with Crippen molar-refractivity contribution in [3.05, 3.63) is 33.9 Å². The predicted molar refractivity (Wildman–Crippen MR) is 59.2 cm³/mol. The molecule has 0 radical (unpaired) electrons. The zero-order valence-electron chi connectivity index (χ0n) is 7.00. The first-order valence-corrected chi connectivity index (χ1v) is 5.26. The summed E-state index contributed by atoms with van der Waals surface area (Å²) in [6.45, 7) is 2.00. The van der Waals surface area contributed by atoms with Gasteiger partial charge in [0, 0.05) is 16.8 Å². The van der Waals surface area contributed by atoms with Gasteiger partial charge in [-0.15, -0.1) is 0 Å². The average Bonchev–Trinajstić information content (AvgIpc) is 2.62. The third-order valence-corrected chi connectivity index (χ3v) is 2.28. The monoisotopic (exact) mass is 276 g/mol. The van der Waals surface area contributed by atoms with E-state index in [9.17, 15) is 0 Å². The zero-order chi connectivity index (χ0) is 8.65. The van der Waals surface area contributed by atoms with Gasteiger partial charge >= 0.3 is 0 Å². The molecular weight excluding hydrogens is 263 g/mol. The van der Waals surface area contributed by atoms with Crippen LogP contribution in [0, 0.1) is 3.57 Å². The van der Waals surface area contributed by atoms with Gasteiger partial charge in [-0.05, 0) is 47.6 Å². The van der Waals surface area contributed by atoms with E-state index in [2.05, 4.69) is 34.7 Å². The summed E-state index contributed by atoms with van der Waals surface area (Å²) in [5.74, 6) is 0. The molecular formula is C10H13IO. The summed E-state index contributed by atoms with van der Waals surface area (Å²) in [4.78, 5) is 0. The molecule has 0 aliphatic carbocycles. The van der Waals surface area contributed by atoms with E-state index in [-0.39, 0.29) is 0 Å². The van der Waals surface area contributed by atoms with E-state index >= 15 is 0 Å². The average molecular weight is 276 g/mol. The Morgan fingerprint density at radius 1 is 1.00 bits per heavy atom. The molecule has 0 atom stereocenters. The molecule has 2 rings (SSSR count). The predicted octanol–water partition coefficient (Wildman–Crippen LogP) is 3.09. The second-order valence-electron chi connectivity index (χ2n) is 2.62. The molecule has 0 saturated carbocycles. The van der Waals surface area contributed by atoms with Crippen LogP contribution in [-0.2, 0) is 4.74 Å². The number of benzene rings is 1. The number of hydrogen-bond donors (Lipinski definition) is 0. The van der Waals surface area contributed by atoms with Crippen molar-refractivity contribution >= 4 is 22.6 Å². The topological polar surface area (TPSA) is 9.23 Å². The SMILES string of the molecule is C1CCOC1.Ic1ccccc1. The number of halogens is 1. The molecule has 0 amide bonds. The zero-order valence-corrected chi connectivity index (χ0v) is 9.16. The van der Waals surface area contributed by atoms with Crippen LogP contribution >= 0.6 is 22.6 Å². The van der Waals surface area contributed by atoms with E-state index in [1.807, 2.05) is 18.2 Å². The highest BCUT2D eigenvalue weighted by Crippen LogP contribution is 2.00. The van der Waals surface area contributed by atoms with Crippen LogP contribution in [0.15, 0.2) is 30.3 Å². The fourth-order valence-electron chi connectivity index (χ4n) is 0.925. The van der Waals surface area contributed by atoms with Crippen LogP contribution in [0.1, 0.15) is 12.8 Å². The third kappa shape index (κ3) is 4.72. The van der Waals surface area contributed by atoms with Crippen molar-refractivity contribution < 1.29 is 4.74 Å². The van der Waals surface area contributed by atoms with Crippen LogP contribution in [0.25, 0.3) is 0 Å². The minimum Gasteiger partial charge on any atom is -0.381 e. The van der Waals surface area contributed by atoms with Crippen LogP contribution in [-0.4, -0.2) is 13.2 Å². The molecule has 1 aromatic rings. The second kappa shape index (κ2) is 6.43. The lowest BCUT2D eigenvalue weighted by atomic mass is 10.4. The van der Waals surface area contributed by atoms with Gasteiger partial charge < -0.3 is 4.74 Å². The summed E-state index contributed by atoms with van der Waals surface area (Å²) in [7, 11) is 0. The smallest absolute Gasteiger partial charge is 0.0466 e. The normalized spacial score (nSPS) is 15.1. The molecule has 0 unspecified atom stereocenters. The summed E-state index contributed by atoms with van der Waals surface area (Å²) < 4.78 is 6.24. The second-order valence-corrected chi connectivity index (χ2v) is 3.86. The molecule has 2 heteroatoms. The Labute approximate surface area is 87.3 Å². The van der Waals surface area contributed by atoms with Crippen molar-refractivity contribution in [1.82, 2.24) is 0 Å². The Kier molecular flexibility index (Phi) is 5.35. The molecule has 1 nitrogen and oxygen atoms in total. The molecule has 1 aromatic carbocycles. The first kappa shape index (κ1) is 9.99. The van der Waals surface area contributed by atoms with Crippen LogP contribution in [0.4, 0.5) is 0 Å². The maximum absolute atomic E-state index is 4.94. The molecule has 1 fully saturated rings. The van der Waals surface area contributed by atoms with Gasteiger partial charge in [0.05, 0.1) is 0 Å². The van der Waals surface area contributed by atoms with Gasteiger partial charge in [-0.3, -0.25) is 0 Å². The Hall–Kier alpha value is -0.0900. The molecule has 1 saturated heterocycles. The Balaban J connectivity index is 0.000000127. The molecule has 12 heavy (non-hydrogen) atoms. The van der Waals surface area contributed by atoms with Crippen LogP contribution in [0.2, 0.25) is 0 Å². The Morgan fingerprint density at radius 3 is 1.83 bits per heavy atom. The first-order valence-electron chi connectivity index (χ1n) is 4.18. The van der Waals surface area contributed by atoms with Crippen LogP contribution in [0.3, 0.4) is 0 Å². The number of rotatable bonds is 0. The van der Waals surface area contributed by atoms with Gasteiger partial charge in [-0.25, -0.2) is 0 Å². The molecule has 66 valence electrons. The molecule has 1 aliphatic heterocycles. The van der Waals surface area contributed by atoms with E-state index in [0.29, 0.717) is 0 Å². The summed E-state index contributed by atoms with van der Waals surface area (Å²) in [6, 6.07) is 10.2. The van der Waals surface area contributed by atoms with E-state index in [1.165, 1.54) is 16.4 Å². The van der Waals surface area contributed by atoms with E-state index in [1.54, 1.807) is 0 Å². The molecule has 0 N–H and O–H groups in total.